The molecule has 0 aliphatic heterocycles. The molecule has 2 aromatic carbocycles. The number of nitrogens with one attached hydrogen (secondary N) is 3. The smallest absolute Gasteiger partial charge is 0.319 e. The zero-order chi connectivity index (χ0) is 26.5. The third-order valence-corrected chi connectivity index (χ3v) is 5.95. The predicted molar refractivity (Wildman–Crippen MR) is 145 cm³/mol. The molecule has 0 fully saturated rings. The number of aryl methyl sites for hydroxylation is 2. The molecule has 0 saturated carbocycles. The van der Waals surface area contributed by atoms with Crippen LogP contribution >= 0.6 is 0 Å². The summed E-state index contributed by atoms with van der Waals surface area (Å²) in [4.78, 5) is 16.8. The Morgan fingerprint density at radius 2 is 1.84 bits per heavy atom. The molecule has 0 radical (unpaired) electrons. The van der Waals surface area contributed by atoms with E-state index < -0.39 is 0 Å². The van der Waals surface area contributed by atoms with Gasteiger partial charge >= 0.3 is 6.03 Å². The van der Waals surface area contributed by atoms with Gasteiger partial charge in [0.1, 0.15) is 17.6 Å². The number of carbonyl (C=O) groups excluding carboxylic acids is 1. The Bertz CT molecular complexity index is 1610. The normalized spacial score (nSPS) is 10.7. The van der Waals surface area contributed by atoms with E-state index >= 15 is 0 Å². The van der Waals surface area contributed by atoms with Crippen molar-refractivity contribution in [2.75, 3.05) is 17.2 Å². The van der Waals surface area contributed by atoms with Gasteiger partial charge in [-0.2, -0.15) is 10.4 Å². The SMILES string of the molecule is Cc1c(NC(=O)NCCc2cn(C)cn2)cn2ncc(C#N)c(Nc3ccc(Oc4ccccc4)cc3)c12. The minimum absolute atomic E-state index is 0.330. The van der Waals surface area contributed by atoms with E-state index in [0.717, 1.165) is 22.7 Å². The molecule has 0 atom stereocenters. The van der Waals surface area contributed by atoms with Crippen LogP contribution in [0.4, 0.5) is 21.9 Å². The highest BCUT2D eigenvalue weighted by Crippen LogP contribution is 2.33. The Morgan fingerprint density at radius 3 is 2.55 bits per heavy atom. The number of nitriles is 1. The average molecular weight is 507 g/mol. The summed E-state index contributed by atoms with van der Waals surface area (Å²) in [7, 11) is 1.90. The van der Waals surface area contributed by atoms with Gasteiger partial charge in [-0.3, -0.25) is 0 Å². The first-order chi connectivity index (χ1) is 18.5. The number of carbonyl (C=O) groups is 1. The highest BCUT2D eigenvalue weighted by Gasteiger charge is 2.17. The summed E-state index contributed by atoms with van der Waals surface area (Å²) in [6, 6.07) is 18.9. The fraction of sp³-hybridized carbons (Fsp3) is 0.143. The molecule has 2 amide bonds. The van der Waals surface area contributed by atoms with E-state index in [9.17, 15) is 10.1 Å². The molecule has 0 aliphatic carbocycles. The summed E-state index contributed by atoms with van der Waals surface area (Å²) in [5.74, 6) is 1.45. The highest BCUT2D eigenvalue weighted by atomic mass is 16.5. The van der Waals surface area contributed by atoms with Crippen LogP contribution in [0.15, 0.2) is 79.5 Å². The van der Waals surface area contributed by atoms with Crippen LogP contribution in [0, 0.1) is 18.3 Å². The fourth-order valence-corrected chi connectivity index (χ4v) is 4.07. The number of imidazole rings is 1. The van der Waals surface area contributed by atoms with Gasteiger partial charge in [-0.25, -0.2) is 14.3 Å². The molecular formula is C28H26N8O2. The van der Waals surface area contributed by atoms with Crippen LogP contribution in [0.5, 0.6) is 11.5 Å². The number of benzene rings is 2. The molecule has 190 valence electrons. The largest absolute Gasteiger partial charge is 0.457 e. The number of aromatic nitrogens is 4. The molecule has 5 rings (SSSR count). The molecule has 3 heterocycles. The standard InChI is InChI=1S/C28H26N8O2/c1-19-25(34-28(37)30-13-12-22-16-35(2)18-31-22)17-36-27(19)26(20(14-29)15-32-36)33-21-8-10-24(11-9-21)38-23-6-4-3-5-7-23/h3-11,15-18,33H,12-13H2,1-2H3,(H2,30,34,37). The van der Waals surface area contributed by atoms with Crippen LogP contribution in [-0.2, 0) is 13.5 Å². The zero-order valence-corrected chi connectivity index (χ0v) is 21.0. The van der Waals surface area contributed by atoms with Gasteiger partial charge in [-0.15, -0.1) is 0 Å². The van der Waals surface area contributed by atoms with Gasteiger partial charge in [0, 0.05) is 37.5 Å². The highest BCUT2D eigenvalue weighted by molar-refractivity contribution is 5.94. The number of hydrogen-bond donors (Lipinski definition) is 3. The van der Waals surface area contributed by atoms with Crippen molar-refractivity contribution in [3.63, 3.8) is 0 Å². The average Bonchev–Trinajstić information content (AvgIpc) is 3.48. The number of rotatable bonds is 8. The predicted octanol–water partition coefficient (Wildman–Crippen LogP) is 5.15. The second-order valence-electron chi connectivity index (χ2n) is 8.73. The van der Waals surface area contributed by atoms with Crippen molar-refractivity contribution in [3.05, 3.63) is 96.3 Å². The van der Waals surface area contributed by atoms with Crippen molar-refractivity contribution in [2.45, 2.75) is 13.3 Å². The lowest BCUT2D eigenvalue weighted by Gasteiger charge is -2.12. The fourth-order valence-electron chi connectivity index (χ4n) is 4.07. The van der Waals surface area contributed by atoms with Gasteiger partial charge in [0.15, 0.2) is 0 Å². The van der Waals surface area contributed by atoms with E-state index in [2.05, 4.69) is 32.1 Å². The molecule has 10 nitrogen and oxygen atoms in total. The molecule has 38 heavy (non-hydrogen) atoms. The van der Waals surface area contributed by atoms with Crippen LogP contribution in [0.1, 0.15) is 16.8 Å². The number of anilines is 3. The van der Waals surface area contributed by atoms with Crippen molar-refractivity contribution >= 4 is 28.6 Å². The van der Waals surface area contributed by atoms with Gasteiger partial charge in [-0.1, -0.05) is 18.2 Å². The Balaban J connectivity index is 1.32. The van der Waals surface area contributed by atoms with E-state index in [0.29, 0.717) is 41.2 Å². The van der Waals surface area contributed by atoms with E-state index in [1.165, 1.54) is 6.20 Å². The number of ether oxygens (including phenoxy) is 1. The Morgan fingerprint density at radius 1 is 1.08 bits per heavy atom. The Hall–Kier alpha value is -5.30. The molecule has 3 aromatic heterocycles. The molecule has 0 bridgehead atoms. The lowest BCUT2D eigenvalue weighted by molar-refractivity contribution is 0.252. The van der Waals surface area contributed by atoms with Crippen LogP contribution in [0.3, 0.4) is 0 Å². The van der Waals surface area contributed by atoms with Gasteiger partial charge in [0.2, 0.25) is 0 Å². The monoisotopic (exact) mass is 506 g/mol. The Kier molecular flexibility index (Phi) is 6.91. The lowest BCUT2D eigenvalue weighted by atomic mass is 10.1. The third kappa shape index (κ3) is 5.42. The van der Waals surface area contributed by atoms with Gasteiger partial charge in [-0.05, 0) is 43.3 Å². The van der Waals surface area contributed by atoms with Crippen LogP contribution in [0.2, 0.25) is 0 Å². The zero-order valence-electron chi connectivity index (χ0n) is 21.0. The number of urea groups is 1. The van der Waals surface area contributed by atoms with E-state index in [1.807, 2.05) is 79.3 Å². The molecule has 0 aliphatic rings. The van der Waals surface area contributed by atoms with Crippen LogP contribution in [-0.4, -0.2) is 31.7 Å². The lowest BCUT2D eigenvalue weighted by Crippen LogP contribution is -2.30. The van der Waals surface area contributed by atoms with Crippen molar-refractivity contribution in [2.24, 2.45) is 7.05 Å². The number of hydrogen-bond acceptors (Lipinski definition) is 6. The molecule has 10 heteroatoms. The van der Waals surface area contributed by atoms with Gasteiger partial charge < -0.3 is 25.3 Å². The van der Waals surface area contributed by atoms with E-state index in [-0.39, 0.29) is 6.03 Å². The maximum absolute atomic E-state index is 12.5. The number of nitrogens with zero attached hydrogens (tertiary/aromatic N) is 5. The van der Waals surface area contributed by atoms with Gasteiger partial charge in [0.25, 0.3) is 0 Å². The second-order valence-corrected chi connectivity index (χ2v) is 8.73. The van der Waals surface area contributed by atoms with Crippen molar-refractivity contribution < 1.29 is 9.53 Å². The maximum atomic E-state index is 12.5. The number of fused-ring (bicyclic) bond motifs is 1. The summed E-state index contributed by atoms with van der Waals surface area (Å²) in [5.41, 5.74) is 4.73. The minimum atomic E-state index is -0.330. The van der Waals surface area contributed by atoms with E-state index in [1.54, 1.807) is 17.0 Å². The minimum Gasteiger partial charge on any atom is -0.457 e. The first-order valence-corrected chi connectivity index (χ1v) is 12.0. The Labute approximate surface area is 219 Å². The first-order valence-electron chi connectivity index (χ1n) is 12.0. The van der Waals surface area contributed by atoms with Crippen LogP contribution < -0.4 is 20.7 Å². The summed E-state index contributed by atoms with van der Waals surface area (Å²) >= 11 is 0. The summed E-state index contributed by atoms with van der Waals surface area (Å²) < 4.78 is 9.38. The quantitative estimate of drug-likeness (QED) is 0.268. The van der Waals surface area contributed by atoms with Crippen molar-refractivity contribution in [3.8, 4) is 17.6 Å². The number of para-hydroxylation sites is 1. The molecule has 5 aromatic rings. The third-order valence-electron chi connectivity index (χ3n) is 5.95. The van der Waals surface area contributed by atoms with Crippen molar-refractivity contribution in [1.82, 2.24) is 24.5 Å². The molecule has 0 unspecified atom stereocenters. The number of amides is 2. The summed E-state index contributed by atoms with van der Waals surface area (Å²) in [6.45, 7) is 2.33. The molecule has 3 N–H and O–H groups in total. The van der Waals surface area contributed by atoms with Crippen molar-refractivity contribution in [1.29, 1.82) is 5.26 Å². The topological polar surface area (TPSA) is 121 Å². The maximum Gasteiger partial charge on any atom is 0.319 e. The van der Waals surface area contributed by atoms with Gasteiger partial charge in [0.05, 0.1) is 46.9 Å². The molecule has 0 spiro atoms. The second kappa shape index (κ2) is 10.8. The first kappa shape index (κ1) is 24.4. The molecular weight excluding hydrogens is 480 g/mol. The molecule has 0 saturated heterocycles. The summed E-state index contributed by atoms with van der Waals surface area (Å²) in [5, 5.41) is 23.2. The summed E-state index contributed by atoms with van der Waals surface area (Å²) in [6.07, 6.45) is 7.50. The van der Waals surface area contributed by atoms with E-state index in [4.69, 9.17) is 4.74 Å². The van der Waals surface area contributed by atoms with Crippen LogP contribution in [0.25, 0.3) is 5.52 Å².